The Bertz CT molecular complexity index is 1730. The van der Waals surface area contributed by atoms with Crippen LogP contribution in [0.15, 0.2) is 54.6 Å². The maximum absolute atomic E-state index is 15.3. The molecule has 0 unspecified atom stereocenters. The van der Waals surface area contributed by atoms with E-state index in [0.29, 0.717) is 10.8 Å². The Morgan fingerprint density at radius 1 is 0.421 bits per heavy atom. The Morgan fingerprint density at radius 2 is 0.763 bits per heavy atom. The number of hydrogen-bond acceptors (Lipinski definition) is 0. The minimum Gasteiger partial charge on any atom is -0.203 e. The lowest BCUT2D eigenvalue weighted by molar-refractivity contribution is 0.383. The van der Waals surface area contributed by atoms with Crippen LogP contribution in [0.25, 0.3) is 21.5 Å². The number of fused-ring (bicyclic) bond motifs is 3. The summed E-state index contributed by atoms with van der Waals surface area (Å²) < 4.78 is 147. The molecule has 0 aromatic heterocycles. The molecular weight excluding hydrogens is 545 g/mol. The summed E-state index contributed by atoms with van der Waals surface area (Å²) in [5.41, 5.74) is 0. The summed E-state index contributed by atoms with van der Waals surface area (Å²) in [5.74, 6) is -25.1. The monoisotopic (exact) mass is 556 g/mol. The second-order valence-corrected chi connectivity index (χ2v) is 11.3. The SMILES string of the molecule is C=P(c1c(F)c(F)c(F)c(F)c1F)(c1c(F)c(F)c(F)c(F)c1F)c1cc2ccccc2c2ccccc12. The summed E-state index contributed by atoms with van der Waals surface area (Å²) in [6.07, 6.45) is 3.54. The molecule has 0 spiro atoms. The van der Waals surface area contributed by atoms with Crippen molar-refractivity contribution in [2.24, 2.45) is 0 Å². The van der Waals surface area contributed by atoms with Crippen LogP contribution in [0.4, 0.5) is 43.9 Å². The van der Waals surface area contributed by atoms with E-state index in [0.717, 1.165) is 6.07 Å². The zero-order valence-electron chi connectivity index (χ0n) is 18.6. The maximum Gasteiger partial charge on any atom is 0.200 e. The molecule has 0 aliphatic carbocycles. The second kappa shape index (κ2) is 8.91. The summed E-state index contributed by atoms with van der Waals surface area (Å²) in [6, 6.07) is 13.2. The van der Waals surface area contributed by atoms with Gasteiger partial charge in [0.2, 0.25) is 11.6 Å². The zero-order valence-corrected chi connectivity index (χ0v) is 19.5. The first-order valence-electron chi connectivity index (χ1n) is 10.6. The summed E-state index contributed by atoms with van der Waals surface area (Å²) in [4.78, 5) is 0. The Balaban J connectivity index is 2.12. The van der Waals surface area contributed by atoms with Gasteiger partial charge in [0, 0.05) is 0 Å². The van der Waals surface area contributed by atoms with Crippen LogP contribution < -0.4 is 15.9 Å². The lowest BCUT2D eigenvalue weighted by Gasteiger charge is -2.30. The summed E-state index contributed by atoms with van der Waals surface area (Å²) >= 11 is 0. The van der Waals surface area contributed by atoms with Crippen LogP contribution >= 0.6 is 6.89 Å². The van der Waals surface area contributed by atoms with Crippen molar-refractivity contribution in [2.45, 2.75) is 0 Å². The van der Waals surface area contributed by atoms with Gasteiger partial charge in [-0.1, -0.05) is 54.8 Å². The first kappa shape index (κ1) is 25.9. The van der Waals surface area contributed by atoms with Crippen molar-refractivity contribution in [1.29, 1.82) is 0 Å². The molecule has 0 bridgehead atoms. The standard InChI is InChI=1S/C27H11F10P/c1-38(26-22(34)18(30)16(28)19(31)23(26)35,27-24(36)20(32)17(29)21(33)25(27)37)15-10-11-6-2-3-7-12(11)13-8-4-5-9-14(13)15/h2-10H,1H2. The van der Waals surface area contributed by atoms with Crippen molar-refractivity contribution in [3.63, 3.8) is 0 Å². The third-order valence-corrected chi connectivity index (χ3v) is 9.80. The van der Waals surface area contributed by atoms with Gasteiger partial charge in [-0.05, 0) is 39.8 Å². The van der Waals surface area contributed by atoms with E-state index < -0.39 is 81.0 Å². The topological polar surface area (TPSA) is 0 Å². The van der Waals surface area contributed by atoms with Crippen molar-refractivity contribution in [3.8, 4) is 0 Å². The van der Waals surface area contributed by atoms with Crippen molar-refractivity contribution in [3.05, 3.63) is 113 Å². The van der Waals surface area contributed by atoms with Gasteiger partial charge in [-0.15, -0.1) is 0 Å². The van der Waals surface area contributed by atoms with Crippen LogP contribution in [0.5, 0.6) is 0 Å². The number of rotatable bonds is 3. The minimum absolute atomic E-state index is 0.0117. The predicted octanol–water partition coefficient (Wildman–Crippen LogP) is 7.11. The summed E-state index contributed by atoms with van der Waals surface area (Å²) in [7, 11) is 0. The molecule has 11 heteroatoms. The Labute approximate surface area is 207 Å². The van der Waals surface area contributed by atoms with Crippen molar-refractivity contribution < 1.29 is 43.9 Å². The smallest absolute Gasteiger partial charge is 0.200 e. The summed E-state index contributed by atoms with van der Waals surface area (Å²) in [6.45, 7) is -5.12. The minimum atomic E-state index is -5.12. The Kier molecular flexibility index (Phi) is 6.06. The van der Waals surface area contributed by atoms with Gasteiger partial charge in [0.05, 0.1) is 10.6 Å². The van der Waals surface area contributed by atoms with Gasteiger partial charge < -0.3 is 0 Å². The van der Waals surface area contributed by atoms with Crippen LogP contribution in [0.1, 0.15) is 0 Å². The Hall–Kier alpha value is -3.78. The summed E-state index contributed by atoms with van der Waals surface area (Å²) in [5, 5.41) is -2.97. The maximum atomic E-state index is 15.3. The molecule has 0 amide bonds. The molecule has 0 aliphatic heterocycles. The molecule has 0 fully saturated rings. The van der Waals surface area contributed by atoms with Crippen molar-refractivity contribution in [1.82, 2.24) is 0 Å². The highest BCUT2D eigenvalue weighted by atomic mass is 31.2. The van der Waals surface area contributed by atoms with Crippen LogP contribution in [0, 0.1) is 58.2 Å². The lowest BCUT2D eigenvalue weighted by atomic mass is 10.0. The van der Waals surface area contributed by atoms with Crippen LogP contribution in [-0.2, 0) is 0 Å². The molecule has 0 atom stereocenters. The third kappa shape index (κ3) is 3.39. The van der Waals surface area contributed by atoms with E-state index in [1.807, 2.05) is 0 Å². The molecule has 5 aromatic carbocycles. The Morgan fingerprint density at radius 3 is 1.21 bits per heavy atom. The molecule has 0 heterocycles. The van der Waals surface area contributed by atoms with E-state index in [9.17, 15) is 26.3 Å². The highest BCUT2D eigenvalue weighted by Crippen LogP contribution is 2.49. The van der Waals surface area contributed by atoms with Crippen LogP contribution in [-0.4, -0.2) is 6.30 Å². The fraction of sp³-hybridized carbons (Fsp3) is 0. The highest BCUT2D eigenvalue weighted by molar-refractivity contribution is 7.93. The molecule has 0 saturated heterocycles. The molecule has 5 aromatic rings. The van der Waals surface area contributed by atoms with Gasteiger partial charge in [-0.3, -0.25) is 0 Å². The van der Waals surface area contributed by atoms with E-state index in [1.54, 1.807) is 18.2 Å². The van der Waals surface area contributed by atoms with Gasteiger partial charge in [0.25, 0.3) is 0 Å². The molecule has 38 heavy (non-hydrogen) atoms. The van der Waals surface area contributed by atoms with E-state index in [-0.39, 0.29) is 10.8 Å². The van der Waals surface area contributed by atoms with E-state index >= 15 is 17.6 Å². The zero-order chi connectivity index (χ0) is 27.7. The molecule has 0 N–H and O–H groups in total. The lowest BCUT2D eigenvalue weighted by Crippen LogP contribution is -2.36. The predicted molar refractivity (Wildman–Crippen MR) is 127 cm³/mol. The van der Waals surface area contributed by atoms with Crippen LogP contribution in [0.2, 0.25) is 0 Å². The van der Waals surface area contributed by atoms with E-state index in [1.165, 1.54) is 30.3 Å². The first-order chi connectivity index (χ1) is 17.9. The first-order valence-corrected chi connectivity index (χ1v) is 12.6. The molecule has 5 rings (SSSR count). The van der Waals surface area contributed by atoms with Crippen molar-refractivity contribution >= 4 is 50.6 Å². The molecule has 194 valence electrons. The van der Waals surface area contributed by atoms with Gasteiger partial charge >= 0.3 is 0 Å². The molecule has 0 saturated carbocycles. The van der Waals surface area contributed by atoms with E-state index in [4.69, 9.17) is 0 Å². The average molecular weight is 556 g/mol. The van der Waals surface area contributed by atoms with Gasteiger partial charge in [-0.25, -0.2) is 43.9 Å². The molecule has 0 nitrogen and oxygen atoms in total. The fourth-order valence-corrected chi connectivity index (χ4v) is 7.96. The number of benzene rings is 5. The normalized spacial score (nSPS) is 12.1. The largest absolute Gasteiger partial charge is 0.203 e. The van der Waals surface area contributed by atoms with Crippen molar-refractivity contribution in [2.75, 3.05) is 0 Å². The highest BCUT2D eigenvalue weighted by Gasteiger charge is 2.42. The van der Waals surface area contributed by atoms with Gasteiger partial charge in [0.1, 0.15) is 0 Å². The van der Waals surface area contributed by atoms with Gasteiger partial charge in [0.15, 0.2) is 46.5 Å². The van der Waals surface area contributed by atoms with E-state index in [2.05, 4.69) is 6.30 Å². The quantitative estimate of drug-likeness (QED) is 0.0731. The third-order valence-electron chi connectivity index (χ3n) is 6.29. The molecular formula is C27H11F10P. The fourth-order valence-electron chi connectivity index (χ4n) is 4.56. The van der Waals surface area contributed by atoms with Crippen LogP contribution in [0.3, 0.4) is 0 Å². The second-order valence-electron chi connectivity index (χ2n) is 8.31. The average Bonchev–Trinajstić information content (AvgIpc) is 2.92. The van der Waals surface area contributed by atoms with Gasteiger partial charge in [-0.2, -0.15) is 0 Å². The number of halogens is 10. The molecule has 0 radical (unpaired) electrons. The molecule has 0 aliphatic rings. The number of hydrogen-bond donors (Lipinski definition) is 0.